The number of H-pyrrole nitrogens is 1. The second-order valence-corrected chi connectivity index (χ2v) is 9.50. The lowest BCUT2D eigenvalue weighted by Gasteiger charge is -2.17. The molecule has 1 aliphatic heterocycles. The first-order valence-electron chi connectivity index (χ1n) is 9.08. The van der Waals surface area contributed by atoms with Crippen molar-refractivity contribution in [1.82, 2.24) is 4.98 Å². The van der Waals surface area contributed by atoms with Crippen LogP contribution in [0.25, 0.3) is 10.9 Å². The maximum atomic E-state index is 14.9. The lowest BCUT2D eigenvalue weighted by Crippen LogP contribution is -2.19. The molecule has 1 atom stereocenters. The van der Waals surface area contributed by atoms with Crippen LogP contribution in [0.15, 0.2) is 36.5 Å². The molecule has 1 fully saturated rings. The minimum Gasteiger partial charge on any atom is -0.454 e. The number of amidine groups is 1. The third-order valence-electron chi connectivity index (χ3n) is 5.21. The van der Waals surface area contributed by atoms with E-state index in [1.54, 1.807) is 12.3 Å². The van der Waals surface area contributed by atoms with E-state index in [1.165, 1.54) is 18.2 Å². The zero-order chi connectivity index (χ0) is 20.8. The number of aromatic amines is 1. The summed E-state index contributed by atoms with van der Waals surface area (Å²) in [5.74, 6) is -1.73. The first-order chi connectivity index (χ1) is 13.8. The number of rotatable bonds is 5. The fraction of sp³-hybridized carbons (Fsp3) is 0.250. The molecule has 0 bridgehead atoms. The number of hydrogen-bond acceptors (Lipinski definition) is 4. The minimum atomic E-state index is -3.25. The lowest BCUT2D eigenvalue weighted by molar-refractivity contribution is 0.435. The normalized spacial score (nSPS) is 18.2. The maximum Gasteiger partial charge on any atom is 0.168 e. The molecular weight excluding hydrogens is 400 g/mol. The fourth-order valence-electron chi connectivity index (χ4n) is 3.74. The van der Waals surface area contributed by atoms with Gasteiger partial charge in [0.25, 0.3) is 0 Å². The van der Waals surface area contributed by atoms with E-state index in [2.05, 4.69) is 4.98 Å². The van der Waals surface area contributed by atoms with Crippen LogP contribution < -0.4 is 10.5 Å². The number of nitrogens with two attached hydrogens (primary N) is 1. The summed E-state index contributed by atoms with van der Waals surface area (Å²) < 4.78 is 59.1. The van der Waals surface area contributed by atoms with Crippen LogP contribution in [0.5, 0.6) is 11.5 Å². The van der Waals surface area contributed by atoms with Crippen LogP contribution in [-0.4, -0.2) is 30.2 Å². The molecule has 152 valence electrons. The summed E-state index contributed by atoms with van der Waals surface area (Å²) in [4.78, 5) is 2.93. The van der Waals surface area contributed by atoms with Crippen molar-refractivity contribution in [3.8, 4) is 11.5 Å². The van der Waals surface area contributed by atoms with Gasteiger partial charge >= 0.3 is 0 Å². The summed E-state index contributed by atoms with van der Waals surface area (Å²) in [6.07, 6.45) is 2.85. The molecule has 2 heterocycles. The zero-order valence-corrected chi connectivity index (χ0v) is 16.2. The summed E-state index contributed by atoms with van der Waals surface area (Å²) in [7, 11) is -3.25. The third-order valence-corrected chi connectivity index (χ3v) is 7.48. The molecule has 0 saturated carbocycles. The van der Waals surface area contributed by atoms with Gasteiger partial charge in [-0.1, -0.05) is 0 Å². The molecule has 4 rings (SSSR count). The van der Waals surface area contributed by atoms with Crippen molar-refractivity contribution < 1.29 is 21.9 Å². The van der Waals surface area contributed by atoms with Crippen molar-refractivity contribution in [1.29, 1.82) is 5.41 Å². The van der Waals surface area contributed by atoms with E-state index in [0.717, 1.165) is 6.07 Å². The molecule has 1 aromatic heterocycles. The summed E-state index contributed by atoms with van der Waals surface area (Å²) in [6.45, 7) is 0. The number of benzene rings is 2. The topological polar surface area (TPSA) is 109 Å². The number of nitrogen functional groups attached to an aromatic ring is 1. The summed E-state index contributed by atoms with van der Waals surface area (Å²) in [5, 5.41) is 7.51. The Morgan fingerprint density at radius 3 is 2.72 bits per heavy atom. The highest BCUT2D eigenvalue weighted by atomic mass is 32.2. The maximum absolute atomic E-state index is 14.9. The monoisotopic (exact) mass is 419 g/mol. The van der Waals surface area contributed by atoms with E-state index in [-0.39, 0.29) is 29.2 Å². The number of aromatic nitrogens is 1. The first kappa shape index (κ1) is 19.4. The Kier molecular flexibility index (Phi) is 4.77. The summed E-state index contributed by atoms with van der Waals surface area (Å²) in [5.41, 5.74) is 6.18. The van der Waals surface area contributed by atoms with Gasteiger partial charge in [0.15, 0.2) is 21.4 Å². The van der Waals surface area contributed by atoms with E-state index < -0.39 is 32.6 Å². The average Bonchev–Trinajstić information content (AvgIpc) is 3.24. The van der Waals surface area contributed by atoms with Gasteiger partial charge in [0.05, 0.1) is 16.6 Å². The van der Waals surface area contributed by atoms with Crippen LogP contribution in [0.3, 0.4) is 0 Å². The van der Waals surface area contributed by atoms with Crippen molar-refractivity contribution >= 4 is 26.6 Å². The second-order valence-electron chi connectivity index (χ2n) is 7.10. The molecule has 1 unspecified atom stereocenters. The van der Waals surface area contributed by atoms with Gasteiger partial charge in [0.1, 0.15) is 17.4 Å². The highest BCUT2D eigenvalue weighted by molar-refractivity contribution is 7.92. The number of hydrogen-bond donors (Lipinski definition) is 3. The second kappa shape index (κ2) is 7.14. The molecule has 3 aromatic rings. The molecule has 2 aromatic carbocycles. The molecule has 1 aliphatic rings. The predicted molar refractivity (Wildman–Crippen MR) is 106 cm³/mol. The van der Waals surface area contributed by atoms with Gasteiger partial charge in [-0.2, -0.15) is 0 Å². The van der Waals surface area contributed by atoms with E-state index in [4.69, 9.17) is 15.9 Å². The van der Waals surface area contributed by atoms with E-state index in [1.807, 2.05) is 0 Å². The number of nitrogens with one attached hydrogen (secondary N) is 2. The highest BCUT2D eigenvalue weighted by Gasteiger charge is 2.33. The van der Waals surface area contributed by atoms with Crippen LogP contribution in [0, 0.1) is 17.0 Å². The van der Waals surface area contributed by atoms with Crippen LogP contribution in [0.2, 0.25) is 0 Å². The Balaban J connectivity index is 1.81. The fourth-order valence-corrected chi connectivity index (χ4v) is 5.59. The van der Waals surface area contributed by atoms with Crippen molar-refractivity contribution in [2.24, 2.45) is 5.73 Å². The van der Waals surface area contributed by atoms with Crippen LogP contribution in [0.4, 0.5) is 8.78 Å². The van der Waals surface area contributed by atoms with Gasteiger partial charge in [-0.05, 0) is 43.5 Å². The van der Waals surface area contributed by atoms with Crippen molar-refractivity contribution in [2.75, 3.05) is 5.75 Å². The summed E-state index contributed by atoms with van der Waals surface area (Å²) in [6, 6.07) is 6.62. The Hall–Kier alpha value is -2.94. The number of fused-ring (bicyclic) bond motifs is 1. The van der Waals surface area contributed by atoms with Gasteiger partial charge < -0.3 is 15.5 Å². The Bertz CT molecular complexity index is 1220. The SMILES string of the molecule is N=C(N)c1cc(Oc2c(F)cc3[nH]ccc3c2CC2CCCS2(=O)=O)ccc1F. The molecule has 4 N–H and O–H groups in total. The Morgan fingerprint density at radius 2 is 2.03 bits per heavy atom. The molecular formula is C20H19F2N3O3S. The molecule has 6 nitrogen and oxygen atoms in total. The molecule has 0 aliphatic carbocycles. The van der Waals surface area contributed by atoms with Crippen LogP contribution in [-0.2, 0) is 16.3 Å². The Morgan fingerprint density at radius 1 is 1.24 bits per heavy atom. The van der Waals surface area contributed by atoms with Crippen molar-refractivity contribution in [3.05, 3.63) is 59.3 Å². The molecule has 0 radical (unpaired) electrons. The van der Waals surface area contributed by atoms with Gasteiger partial charge in [-0.25, -0.2) is 17.2 Å². The minimum absolute atomic E-state index is 0.0981. The molecule has 9 heteroatoms. The zero-order valence-electron chi connectivity index (χ0n) is 15.3. The van der Waals surface area contributed by atoms with E-state index in [0.29, 0.717) is 29.3 Å². The number of ether oxygens (including phenoxy) is 1. The quantitative estimate of drug-likeness (QED) is 0.433. The third kappa shape index (κ3) is 3.57. The largest absolute Gasteiger partial charge is 0.454 e. The van der Waals surface area contributed by atoms with Gasteiger partial charge in [-0.15, -0.1) is 0 Å². The standard InChI is InChI=1S/C20H19F2N3O3S/c21-16-4-3-11(8-15(16)20(23)24)28-19-14(9-12-2-1-7-29(12,26)27)13-5-6-25-18(13)10-17(19)22/h3-6,8,10,12,25H,1-2,7,9H2,(H3,23,24). The molecule has 29 heavy (non-hydrogen) atoms. The van der Waals surface area contributed by atoms with E-state index in [9.17, 15) is 17.2 Å². The van der Waals surface area contributed by atoms with Gasteiger partial charge in [0, 0.05) is 28.7 Å². The molecule has 1 saturated heterocycles. The van der Waals surface area contributed by atoms with Crippen LogP contribution >= 0.6 is 0 Å². The predicted octanol–water partition coefficient (Wildman–Crippen LogP) is 3.64. The molecule has 0 spiro atoms. The van der Waals surface area contributed by atoms with Gasteiger partial charge in [0.2, 0.25) is 0 Å². The van der Waals surface area contributed by atoms with Crippen molar-refractivity contribution in [2.45, 2.75) is 24.5 Å². The first-order valence-corrected chi connectivity index (χ1v) is 10.8. The number of sulfone groups is 1. The highest BCUT2D eigenvalue weighted by Crippen LogP contribution is 2.37. The van der Waals surface area contributed by atoms with E-state index >= 15 is 0 Å². The van der Waals surface area contributed by atoms with Crippen LogP contribution in [0.1, 0.15) is 24.0 Å². The Labute approximate surface area is 166 Å². The van der Waals surface area contributed by atoms with Crippen molar-refractivity contribution in [3.63, 3.8) is 0 Å². The lowest BCUT2D eigenvalue weighted by atomic mass is 10.0. The average molecular weight is 419 g/mol. The van der Waals surface area contributed by atoms with Gasteiger partial charge in [-0.3, -0.25) is 5.41 Å². The smallest absolute Gasteiger partial charge is 0.168 e. The summed E-state index contributed by atoms with van der Waals surface area (Å²) >= 11 is 0. The number of halogens is 2. The molecule has 0 amide bonds.